The highest BCUT2D eigenvalue weighted by atomic mass is 79.9. The third-order valence-electron chi connectivity index (χ3n) is 3.11. The van der Waals surface area contributed by atoms with Crippen molar-refractivity contribution in [2.75, 3.05) is 5.32 Å². The molecule has 104 valence electrons. The molecule has 0 heterocycles. The van der Waals surface area contributed by atoms with Crippen LogP contribution >= 0.6 is 15.9 Å². The number of nitro groups is 1. The zero-order valence-electron chi connectivity index (χ0n) is 11.3. The molecule has 0 bridgehead atoms. The minimum atomic E-state index is -0.364. The van der Waals surface area contributed by atoms with E-state index in [1.807, 2.05) is 19.1 Å². The number of hydrogen-bond acceptors (Lipinski definition) is 3. The predicted molar refractivity (Wildman–Crippen MR) is 84.0 cm³/mol. The van der Waals surface area contributed by atoms with E-state index in [-0.39, 0.29) is 10.6 Å². The number of aryl methyl sites for hydroxylation is 2. The molecule has 1 N–H and O–H groups in total. The molecular formula is C15H15BrN2O2. The lowest BCUT2D eigenvalue weighted by atomic mass is 10.1. The molecule has 20 heavy (non-hydrogen) atoms. The second-order valence-corrected chi connectivity index (χ2v) is 5.55. The van der Waals surface area contributed by atoms with Crippen LogP contribution in [0.25, 0.3) is 0 Å². The van der Waals surface area contributed by atoms with E-state index in [1.54, 1.807) is 19.1 Å². The summed E-state index contributed by atoms with van der Waals surface area (Å²) in [7, 11) is 0. The van der Waals surface area contributed by atoms with Crippen molar-refractivity contribution in [2.45, 2.75) is 20.4 Å². The maximum atomic E-state index is 10.8. The number of hydrogen-bond donors (Lipinski definition) is 1. The fourth-order valence-corrected chi connectivity index (χ4v) is 2.24. The second-order valence-electron chi connectivity index (χ2n) is 4.70. The van der Waals surface area contributed by atoms with E-state index in [1.165, 1.54) is 17.2 Å². The van der Waals surface area contributed by atoms with Gasteiger partial charge in [0.25, 0.3) is 5.69 Å². The first-order valence-electron chi connectivity index (χ1n) is 6.21. The number of anilines is 1. The lowest BCUT2D eigenvalue weighted by Crippen LogP contribution is -2.01. The number of nitrogens with one attached hydrogen (secondary N) is 1. The molecule has 0 saturated carbocycles. The van der Waals surface area contributed by atoms with Gasteiger partial charge in [-0.2, -0.15) is 0 Å². The van der Waals surface area contributed by atoms with Gasteiger partial charge in [0.15, 0.2) is 0 Å². The summed E-state index contributed by atoms with van der Waals surface area (Å²) >= 11 is 3.47. The van der Waals surface area contributed by atoms with Gasteiger partial charge in [-0.05, 0) is 43.2 Å². The van der Waals surface area contributed by atoms with Gasteiger partial charge in [-0.25, -0.2) is 0 Å². The highest BCUT2D eigenvalue weighted by Gasteiger charge is 2.09. The summed E-state index contributed by atoms with van der Waals surface area (Å²) in [5, 5.41) is 14.0. The summed E-state index contributed by atoms with van der Waals surface area (Å²) in [6.45, 7) is 4.47. The molecular weight excluding hydrogens is 320 g/mol. The predicted octanol–water partition coefficient (Wildman–Crippen LogP) is 4.59. The van der Waals surface area contributed by atoms with Crippen LogP contribution in [0, 0.1) is 24.0 Å². The van der Waals surface area contributed by atoms with Crippen molar-refractivity contribution < 1.29 is 4.92 Å². The van der Waals surface area contributed by atoms with E-state index in [0.29, 0.717) is 12.1 Å². The van der Waals surface area contributed by atoms with E-state index in [9.17, 15) is 10.1 Å². The molecule has 2 aromatic rings. The molecule has 0 aromatic heterocycles. The zero-order valence-corrected chi connectivity index (χ0v) is 12.9. The topological polar surface area (TPSA) is 55.2 Å². The standard InChI is InChI=1S/C15H15BrN2O2/c1-10-7-12(3-5-14(10)16)9-17-13-4-6-15(18(19)20)11(2)8-13/h3-8,17H,9H2,1-2H3. The maximum absolute atomic E-state index is 10.8. The Kier molecular flexibility index (Phi) is 4.39. The van der Waals surface area contributed by atoms with Crippen LogP contribution in [0.5, 0.6) is 0 Å². The third-order valence-corrected chi connectivity index (χ3v) is 4.00. The third kappa shape index (κ3) is 3.36. The summed E-state index contributed by atoms with van der Waals surface area (Å²) in [5.41, 5.74) is 4.04. The Balaban J connectivity index is 2.09. The molecule has 0 atom stereocenters. The molecule has 0 fully saturated rings. The van der Waals surface area contributed by atoms with Crippen molar-refractivity contribution >= 4 is 27.3 Å². The number of benzene rings is 2. The van der Waals surface area contributed by atoms with E-state index in [0.717, 1.165) is 10.2 Å². The van der Waals surface area contributed by atoms with Crippen molar-refractivity contribution in [3.05, 3.63) is 67.7 Å². The molecule has 0 unspecified atom stereocenters. The van der Waals surface area contributed by atoms with Crippen LogP contribution in [0.4, 0.5) is 11.4 Å². The molecule has 2 rings (SSSR count). The van der Waals surface area contributed by atoms with Crippen molar-refractivity contribution in [1.82, 2.24) is 0 Å². The Morgan fingerprint density at radius 3 is 2.50 bits per heavy atom. The van der Waals surface area contributed by atoms with Gasteiger partial charge in [-0.3, -0.25) is 10.1 Å². The van der Waals surface area contributed by atoms with E-state index < -0.39 is 0 Å². The maximum Gasteiger partial charge on any atom is 0.272 e. The Morgan fingerprint density at radius 1 is 1.15 bits per heavy atom. The first-order valence-corrected chi connectivity index (χ1v) is 7.00. The van der Waals surface area contributed by atoms with Crippen molar-refractivity contribution in [2.24, 2.45) is 0 Å². The first-order chi connectivity index (χ1) is 9.47. The minimum absolute atomic E-state index is 0.148. The molecule has 0 spiro atoms. The molecule has 0 aliphatic rings. The van der Waals surface area contributed by atoms with Gasteiger partial charge in [-0.15, -0.1) is 0 Å². The van der Waals surface area contributed by atoms with Crippen LogP contribution in [0.3, 0.4) is 0 Å². The van der Waals surface area contributed by atoms with Gasteiger partial charge in [-0.1, -0.05) is 28.1 Å². The average molecular weight is 335 g/mol. The van der Waals surface area contributed by atoms with Gasteiger partial charge >= 0.3 is 0 Å². The fraction of sp³-hybridized carbons (Fsp3) is 0.200. The fourth-order valence-electron chi connectivity index (χ4n) is 1.99. The molecule has 4 nitrogen and oxygen atoms in total. The first kappa shape index (κ1) is 14.5. The molecule has 0 amide bonds. The SMILES string of the molecule is Cc1cc(CNc2ccc([N+](=O)[O-])c(C)c2)ccc1Br. The summed E-state index contributed by atoms with van der Waals surface area (Å²) in [6, 6.07) is 11.2. The van der Waals surface area contributed by atoms with Crippen LogP contribution in [0.1, 0.15) is 16.7 Å². The molecule has 0 aliphatic heterocycles. The van der Waals surface area contributed by atoms with E-state index in [2.05, 4.69) is 27.3 Å². The van der Waals surface area contributed by atoms with Gasteiger partial charge < -0.3 is 5.32 Å². The Hall–Kier alpha value is -1.88. The van der Waals surface area contributed by atoms with Crippen molar-refractivity contribution in [3.8, 4) is 0 Å². The second kappa shape index (κ2) is 6.05. The molecule has 5 heteroatoms. The van der Waals surface area contributed by atoms with Crippen LogP contribution < -0.4 is 5.32 Å². The quantitative estimate of drug-likeness (QED) is 0.657. The lowest BCUT2D eigenvalue weighted by molar-refractivity contribution is -0.385. The molecule has 2 aromatic carbocycles. The monoisotopic (exact) mass is 334 g/mol. The van der Waals surface area contributed by atoms with Gasteiger partial charge in [0, 0.05) is 28.3 Å². The smallest absolute Gasteiger partial charge is 0.272 e. The summed E-state index contributed by atoms with van der Waals surface area (Å²) in [6.07, 6.45) is 0. The molecule has 0 radical (unpaired) electrons. The Bertz CT molecular complexity index is 656. The van der Waals surface area contributed by atoms with Crippen LogP contribution in [0.15, 0.2) is 40.9 Å². The van der Waals surface area contributed by atoms with E-state index in [4.69, 9.17) is 0 Å². The highest BCUT2D eigenvalue weighted by Crippen LogP contribution is 2.22. The normalized spacial score (nSPS) is 10.3. The zero-order chi connectivity index (χ0) is 14.7. The lowest BCUT2D eigenvalue weighted by Gasteiger charge is -2.09. The Morgan fingerprint density at radius 2 is 1.90 bits per heavy atom. The molecule has 0 aliphatic carbocycles. The molecule has 0 saturated heterocycles. The summed E-state index contributed by atoms with van der Waals surface area (Å²) in [4.78, 5) is 10.4. The van der Waals surface area contributed by atoms with Crippen LogP contribution in [-0.2, 0) is 6.54 Å². The number of halogens is 1. The largest absolute Gasteiger partial charge is 0.381 e. The van der Waals surface area contributed by atoms with E-state index >= 15 is 0 Å². The number of nitro benzene ring substituents is 1. The van der Waals surface area contributed by atoms with Gasteiger partial charge in [0.1, 0.15) is 0 Å². The minimum Gasteiger partial charge on any atom is -0.381 e. The summed E-state index contributed by atoms with van der Waals surface area (Å²) < 4.78 is 1.09. The van der Waals surface area contributed by atoms with Crippen molar-refractivity contribution in [1.29, 1.82) is 0 Å². The van der Waals surface area contributed by atoms with Crippen LogP contribution in [0.2, 0.25) is 0 Å². The highest BCUT2D eigenvalue weighted by molar-refractivity contribution is 9.10. The summed E-state index contributed by atoms with van der Waals surface area (Å²) in [5.74, 6) is 0. The van der Waals surface area contributed by atoms with Crippen molar-refractivity contribution in [3.63, 3.8) is 0 Å². The van der Waals surface area contributed by atoms with Crippen LogP contribution in [-0.4, -0.2) is 4.92 Å². The Labute approximate surface area is 126 Å². The van der Waals surface area contributed by atoms with Gasteiger partial charge in [0.2, 0.25) is 0 Å². The number of nitrogens with zero attached hydrogens (tertiary/aromatic N) is 1. The average Bonchev–Trinajstić information content (AvgIpc) is 2.40. The number of rotatable bonds is 4. The van der Waals surface area contributed by atoms with Gasteiger partial charge in [0.05, 0.1) is 4.92 Å².